The lowest BCUT2D eigenvalue weighted by Crippen LogP contribution is -2.71. The number of rotatable bonds is 6. The van der Waals surface area contributed by atoms with Crippen LogP contribution in [-0.2, 0) is 4.74 Å². The van der Waals surface area contributed by atoms with E-state index in [4.69, 9.17) is 0 Å². The Morgan fingerprint density at radius 2 is 0.920 bits per heavy atom. The molecule has 0 aromatic rings. The van der Waals surface area contributed by atoms with E-state index in [0.717, 1.165) is 0 Å². The summed E-state index contributed by atoms with van der Waals surface area (Å²) in [6.07, 6.45) is -5.82. The summed E-state index contributed by atoms with van der Waals surface area (Å²) in [6, 6.07) is 0. The molecule has 1 aliphatic rings. The quantitative estimate of drug-likeness (QED) is 0.295. The van der Waals surface area contributed by atoms with Gasteiger partial charge in [0.25, 0.3) is 0 Å². The van der Waals surface area contributed by atoms with Gasteiger partial charge < -0.3 is 0 Å². The molecular formula is C8Cl2F14O. The molecule has 1 heterocycles. The van der Waals surface area contributed by atoms with Crippen molar-refractivity contribution in [2.45, 2.75) is 46.2 Å². The number of alkyl halides is 16. The molecule has 150 valence electrons. The minimum atomic E-state index is -7.96. The number of ether oxygens (including phenoxy) is 1. The van der Waals surface area contributed by atoms with Gasteiger partial charge >= 0.3 is 46.2 Å². The summed E-state index contributed by atoms with van der Waals surface area (Å²) in [4.78, 5) is 0. The van der Waals surface area contributed by atoms with Crippen molar-refractivity contribution in [1.29, 1.82) is 0 Å². The zero-order chi connectivity index (χ0) is 20.7. The van der Waals surface area contributed by atoms with Gasteiger partial charge in [0.2, 0.25) is 0 Å². The average Bonchev–Trinajstić information content (AvgIpc) is 2.87. The Kier molecular flexibility index (Phi) is 4.60. The average molecular weight is 449 g/mol. The smallest absolute Gasteiger partial charge is 0.265 e. The van der Waals surface area contributed by atoms with Gasteiger partial charge in [0.05, 0.1) is 0 Å². The van der Waals surface area contributed by atoms with Gasteiger partial charge in [0, 0.05) is 0 Å². The van der Waals surface area contributed by atoms with E-state index in [2.05, 4.69) is 27.9 Å². The van der Waals surface area contributed by atoms with Crippen LogP contribution in [0.3, 0.4) is 0 Å². The molecule has 0 aromatic heterocycles. The number of hydrogen-bond donors (Lipinski definition) is 0. The van der Waals surface area contributed by atoms with Crippen LogP contribution in [0.4, 0.5) is 61.5 Å². The van der Waals surface area contributed by atoms with E-state index in [-0.39, 0.29) is 0 Å². The van der Waals surface area contributed by atoms with Crippen LogP contribution in [-0.4, -0.2) is 46.2 Å². The molecule has 25 heavy (non-hydrogen) atoms. The van der Waals surface area contributed by atoms with Crippen LogP contribution in [0.15, 0.2) is 0 Å². The van der Waals surface area contributed by atoms with E-state index in [1.807, 2.05) is 0 Å². The van der Waals surface area contributed by atoms with Crippen molar-refractivity contribution >= 4 is 23.2 Å². The first-order valence-electron chi connectivity index (χ1n) is 5.18. The minimum Gasteiger partial charge on any atom is -0.265 e. The Labute approximate surface area is 136 Å². The summed E-state index contributed by atoms with van der Waals surface area (Å²) >= 11 is 7.32. The molecule has 2 unspecified atom stereocenters. The Morgan fingerprint density at radius 1 is 0.600 bits per heavy atom. The van der Waals surface area contributed by atoms with E-state index in [1.54, 1.807) is 0 Å². The second-order valence-corrected chi connectivity index (χ2v) is 5.58. The van der Waals surface area contributed by atoms with Crippen LogP contribution in [0, 0.1) is 0 Å². The fourth-order valence-electron chi connectivity index (χ4n) is 1.37. The first-order chi connectivity index (χ1) is 10.5. The highest BCUT2D eigenvalue weighted by Gasteiger charge is 3.00. The van der Waals surface area contributed by atoms with E-state index in [0.29, 0.717) is 0 Å². The molecule has 0 aromatic carbocycles. The van der Waals surface area contributed by atoms with Crippen LogP contribution < -0.4 is 0 Å². The molecule has 0 aliphatic carbocycles. The van der Waals surface area contributed by atoms with Gasteiger partial charge in [-0.1, -0.05) is 11.6 Å². The molecule has 0 amide bonds. The van der Waals surface area contributed by atoms with Crippen molar-refractivity contribution in [2.24, 2.45) is 0 Å². The highest BCUT2D eigenvalue weighted by molar-refractivity contribution is 6.33. The third kappa shape index (κ3) is 2.47. The van der Waals surface area contributed by atoms with E-state index in [9.17, 15) is 61.5 Å². The minimum absolute atomic E-state index is 2.19. The molecule has 2 atom stereocenters. The molecule has 17 heteroatoms. The summed E-state index contributed by atoms with van der Waals surface area (Å²) in [5, 5.41) is -12.9. The molecule has 0 bridgehead atoms. The van der Waals surface area contributed by atoms with Gasteiger partial charge in [0.1, 0.15) is 0 Å². The van der Waals surface area contributed by atoms with Gasteiger partial charge in [-0.15, -0.1) is 0 Å². The maximum absolute atomic E-state index is 13.1. The Hall–Kier alpha value is -0.440. The number of halogens is 16. The molecule has 1 nitrogen and oxygen atoms in total. The van der Waals surface area contributed by atoms with Gasteiger partial charge in [0.15, 0.2) is 0 Å². The molecule has 0 saturated carbocycles. The van der Waals surface area contributed by atoms with Crippen molar-refractivity contribution in [2.75, 3.05) is 0 Å². The van der Waals surface area contributed by atoms with Crippen LogP contribution in [0.25, 0.3) is 0 Å². The first kappa shape index (κ1) is 22.6. The Morgan fingerprint density at radius 3 is 1.16 bits per heavy atom. The summed E-state index contributed by atoms with van der Waals surface area (Å²) < 4.78 is 182. The lowest BCUT2D eigenvalue weighted by atomic mass is 9.92. The fraction of sp³-hybridized carbons (Fsp3) is 1.00. The van der Waals surface area contributed by atoms with E-state index < -0.39 is 46.2 Å². The normalized spacial score (nSPS) is 27.8. The third-order valence-electron chi connectivity index (χ3n) is 2.94. The summed E-state index contributed by atoms with van der Waals surface area (Å²) in [6.45, 7) is 0. The van der Waals surface area contributed by atoms with Crippen LogP contribution in [0.2, 0.25) is 0 Å². The third-order valence-corrected chi connectivity index (χ3v) is 3.77. The zero-order valence-corrected chi connectivity index (χ0v) is 12.0. The summed E-state index contributed by atoms with van der Waals surface area (Å²) in [5.74, 6) is -37.2. The summed E-state index contributed by atoms with van der Waals surface area (Å²) in [5.41, 5.74) is 0. The maximum atomic E-state index is 13.1. The molecule has 1 rings (SSSR count). The maximum Gasteiger partial charge on any atom is 0.424 e. The van der Waals surface area contributed by atoms with Crippen LogP contribution >= 0.6 is 23.2 Å². The molecule has 0 spiro atoms. The van der Waals surface area contributed by atoms with Gasteiger partial charge in [-0.3, -0.25) is 4.74 Å². The van der Waals surface area contributed by atoms with Crippen molar-refractivity contribution in [3.8, 4) is 0 Å². The van der Waals surface area contributed by atoms with Gasteiger partial charge in [-0.05, 0) is 11.6 Å². The Bertz CT molecular complexity index is 554. The van der Waals surface area contributed by atoms with Crippen molar-refractivity contribution in [3.05, 3.63) is 0 Å². The molecule has 1 aliphatic heterocycles. The molecule has 0 radical (unpaired) electrons. The molecular weight excluding hydrogens is 449 g/mol. The predicted molar refractivity (Wildman–Crippen MR) is 50.2 cm³/mol. The van der Waals surface area contributed by atoms with Gasteiger partial charge in [-0.2, -0.15) is 57.1 Å². The number of epoxide rings is 1. The van der Waals surface area contributed by atoms with Gasteiger partial charge in [-0.25, -0.2) is 4.39 Å². The molecule has 1 saturated heterocycles. The zero-order valence-electron chi connectivity index (χ0n) is 10.5. The highest BCUT2D eigenvalue weighted by atomic mass is 35.5. The lowest BCUT2D eigenvalue weighted by molar-refractivity contribution is -0.403. The second-order valence-electron chi connectivity index (χ2n) is 4.58. The Balaban J connectivity index is 3.50. The van der Waals surface area contributed by atoms with Crippen LogP contribution in [0.5, 0.6) is 0 Å². The monoisotopic (exact) mass is 448 g/mol. The number of hydrogen-bond acceptors (Lipinski definition) is 1. The van der Waals surface area contributed by atoms with Crippen molar-refractivity contribution < 1.29 is 66.2 Å². The van der Waals surface area contributed by atoms with E-state index in [1.165, 1.54) is 0 Å². The standard InChI is InChI=1S/C8Cl2F14O/c9-1(11,7(10,21)22)2(12,13)3(14,15)4(16,17)5(18,19)6(20)8(23,24)25-6. The molecule has 0 N–H and O–H groups in total. The molecule has 1 fully saturated rings. The first-order valence-corrected chi connectivity index (χ1v) is 5.94. The fourth-order valence-corrected chi connectivity index (χ4v) is 1.61. The second kappa shape index (κ2) is 5.09. The van der Waals surface area contributed by atoms with Crippen LogP contribution in [0.1, 0.15) is 0 Å². The van der Waals surface area contributed by atoms with Crippen molar-refractivity contribution in [3.63, 3.8) is 0 Å². The van der Waals surface area contributed by atoms with E-state index >= 15 is 0 Å². The topological polar surface area (TPSA) is 12.5 Å². The SMILES string of the molecule is FC(F)(Cl)C(F)(Cl)C(F)(F)C(F)(F)C(F)(F)C(F)(F)C1(F)OC1(F)F. The van der Waals surface area contributed by atoms with Crippen molar-refractivity contribution in [1.82, 2.24) is 0 Å². The lowest BCUT2D eigenvalue weighted by Gasteiger charge is -2.40. The summed E-state index contributed by atoms with van der Waals surface area (Å²) in [7, 11) is 0. The highest BCUT2D eigenvalue weighted by Crippen LogP contribution is 2.69. The largest absolute Gasteiger partial charge is 0.424 e. The predicted octanol–water partition coefficient (Wildman–Crippen LogP) is 5.55.